The molecular formula is C40H56F3N7O7S. The van der Waals surface area contributed by atoms with E-state index in [0.29, 0.717) is 29.2 Å². The minimum atomic E-state index is -4.63. The van der Waals surface area contributed by atoms with Gasteiger partial charge in [-0.1, -0.05) is 27.7 Å². The second-order valence-corrected chi connectivity index (χ2v) is 17.4. The molecule has 6 rings (SSSR count). The zero-order valence-corrected chi connectivity index (χ0v) is 35.0. The Bertz CT molecular complexity index is 1760. The highest BCUT2D eigenvalue weighted by Gasteiger charge is 2.44. The molecule has 320 valence electrons. The fourth-order valence-electron chi connectivity index (χ4n) is 8.22. The van der Waals surface area contributed by atoms with E-state index in [1.54, 1.807) is 18.9 Å². The van der Waals surface area contributed by atoms with Crippen LogP contribution in [0.15, 0.2) is 17.8 Å². The van der Waals surface area contributed by atoms with Crippen molar-refractivity contribution in [2.45, 2.75) is 122 Å². The van der Waals surface area contributed by atoms with Crippen molar-refractivity contribution in [3.63, 3.8) is 0 Å². The minimum absolute atomic E-state index is 0.0140. The molecule has 3 aliphatic heterocycles. The van der Waals surface area contributed by atoms with Crippen molar-refractivity contribution in [1.82, 2.24) is 35.4 Å². The number of piperidine rings is 3. The normalized spacial score (nSPS) is 22.2. The Hall–Kier alpha value is -4.19. The first-order valence-corrected chi connectivity index (χ1v) is 20.9. The maximum Gasteiger partial charge on any atom is 0.419 e. The van der Waals surface area contributed by atoms with E-state index in [9.17, 15) is 37.1 Å². The molecule has 2 bridgehead atoms. The Kier molecular flexibility index (Phi) is 14.9. The quantitative estimate of drug-likeness (QED) is 0.194. The van der Waals surface area contributed by atoms with E-state index in [0.717, 1.165) is 56.5 Å². The Morgan fingerprint density at radius 2 is 1.66 bits per heavy atom. The summed E-state index contributed by atoms with van der Waals surface area (Å²) in [6, 6.07) is -2.21. The number of fused-ring (bicyclic) bond motifs is 3. The number of aromatic nitrogens is 3. The van der Waals surface area contributed by atoms with E-state index < -0.39 is 59.7 Å². The number of hydrogen-bond acceptors (Lipinski definition) is 12. The van der Waals surface area contributed by atoms with Crippen LogP contribution in [0, 0.1) is 29.6 Å². The van der Waals surface area contributed by atoms with Gasteiger partial charge in [-0.25, -0.2) is 15.0 Å². The van der Waals surface area contributed by atoms with Gasteiger partial charge in [-0.3, -0.25) is 28.9 Å². The van der Waals surface area contributed by atoms with Crippen molar-refractivity contribution >= 4 is 41.0 Å². The average molecular weight is 836 g/mol. The molecule has 0 radical (unpaired) electrons. The van der Waals surface area contributed by atoms with E-state index in [1.807, 2.05) is 20.8 Å². The SMILES string of the molecule is COC(=O)[C@@H](C)C[C@H](Cc1ncc(C(F)(F)F)cn1)NC(=O)c1csc([C@@H](C[C@H](C(C)C)N(C)C(=O)[C@@H](NC(=O)[C@H]2CC3CCN2CC3)[C@@H](C)C2CC2)OC(C)=O)n1. The van der Waals surface area contributed by atoms with Crippen LogP contribution in [0.25, 0.3) is 0 Å². The lowest BCUT2D eigenvalue weighted by Gasteiger charge is -2.45. The summed E-state index contributed by atoms with van der Waals surface area (Å²) in [7, 11) is 2.93. The summed E-state index contributed by atoms with van der Waals surface area (Å²) in [5.74, 6) is -2.06. The number of ether oxygens (including phenoxy) is 2. The smallest absolute Gasteiger partial charge is 0.419 e. The third-order valence-electron chi connectivity index (χ3n) is 11.9. The van der Waals surface area contributed by atoms with Gasteiger partial charge in [-0.05, 0) is 75.3 Å². The van der Waals surface area contributed by atoms with Crippen LogP contribution in [0.4, 0.5) is 13.2 Å². The highest BCUT2D eigenvalue weighted by molar-refractivity contribution is 7.09. The van der Waals surface area contributed by atoms with E-state index in [1.165, 1.54) is 19.4 Å². The second kappa shape index (κ2) is 19.3. The molecule has 5 heterocycles. The van der Waals surface area contributed by atoms with Gasteiger partial charge in [0, 0.05) is 56.7 Å². The highest BCUT2D eigenvalue weighted by atomic mass is 32.1. The van der Waals surface area contributed by atoms with Crippen molar-refractivity contribution in [3.8, 4) is 0 Å². The molecule has 18 heteroatoms. The number of amides is 3. The van der Waals surface area contributed by atoms with E-state index in [-0.39, 0.29) is 60.5 Å². The summed E-state index contributed by atoms with van der Waals surface area (Å²) in [6.07, 6.45) is 0.879. The fourth-order valence-corrected chi connectivity index (χ4v) is 9.06. The predicted molar refractivity (Wildman–Crippen MR) is 207 cm³/mol. The third kappa shape index (κ3) is 11.5. The molecule has 7 atom stereocenters. The van der Waals surface area contributed by atoms with Gasteiger partial charge in [0.15, 0.2) is 6.10 Å². The summed E-state index contributed by atoms with van der Waals surface area (Å²) in [5, 5.41) is 7.78. The van der Waals surface area contributed by atoms with Crippen molar-refractivity contribution in [2.75, 3.05) is 27.2 Å². The molecule has 4 aliphatic rings. The van der Waals surface area contributed by atoms with Crippen LogP contribution in [0.2, 0.25) is 0 Å². The summed E-state index contributed by atoms with van der Waals surface area (Å²) in [4.78, 5) is 82.5. The second-order valence-electron chi connectivity index (χ2n) is 16.5. The lowest BCUT2D eigenvalue weighted by atomic mass is 9.82. The van der Waals surface area contributed by atoms with E-state index >= 15 is 0 Å². The van der Waals surface area contributed by atoms with Crippen LogP contribution in [-0.2, 0) is 41.2 Å². The Balaban J connectivity index is 1.31. The first kappa shape index (κ1) is 44.9. The number of nitrogens with one attached hydrogen (secondary N) is 2. The number of halogens is 3. The lowest BCUT2D eigenvalue weighted by molar-refractivity contribution is -0.149. The Labute approximate surface area is 341 Å². The van der Waals surface area contributed by atoms with Crippen LogP contribution in [0.3, 0.4) is 0 Å². The Morgan fingerprint density at radius 1 is 1.00 bits per heavy atom. The number of hydrogen-bond donors (Lipinski definition) is 2. The monoisotopic (exact) mass is 835 g/mol. The number of nitrogens with zero attached hydrogens (tertiary/aromatic N) is 5. The number of methoxy groups -OCH3 is 1. The molecule has 0 aromatic carbocycles. The lowest BCUT2D eigenvalue weighted by Crippen LogP contribution is -2.60. The van der Waals surface area contributed by atoms with Gasteiger partial charge in [0.05, 0.1) is 24.6 Å². The zero-order chi connectivity index (χ0) is 42.5. The van der Waals surface area contributed by atoms with Gasteiger partial charge in [0.1, 0.15) is 22.6 Å². The van der Waals surface area contributed by atoms with E-state index in [4.69, 9.17) is 9.47 Å². The highest BCUT2D eigenvalue weighted by Crippen LogP contribution is 2.40. The van der Waals surface area contributed by atoms with Crippen molar-refractivity contribution in [2.24, 2.45) is 29.6 Å². The molecule has 2 N–H and O–H groups in total. The van der Waals surface area contributed by atoms with E-state index in [2.05, 4.69) is 30.5 Å². The summed E-state index contributed by atoms with van der Waals surface area (Å²) >= 11 is 1.09. The summed E-state index contributed by atoms with van der Waals surface area (Å²) < 4.78 is 49.9. The van der Waals surface area contributed by atoms with Gasteiger partial charge in [-0.2, -0.15) is 13.2 Å². The molecule has 3 saturated heterocycles. The standard InChI is InChI=1S/C40H56F3N7O7S/c1-21(2)30(49(6)38(54)34(23(4)26-8-9-26)48-36(53)31-15-25-10-12-50(31)13-11-25)17-32(57-24(5)51)37-47-29(20-58-37)35(52)46-28(14-22(3)39(55)56-7)16-33-44-18-27(19-45-33)40(41,42)43/h18-23,25-26,28,30-32,34H,8-17H2,1-7H3,(H,46,52)(H,48,53)/t22-,23-,28+,30+,31+,32+,34-/m0/s1. The molecule has 14 nitrogen and oxygen atoms in total. The number of likely N-dealkylation sites (N-methyl/N-ethyl adjacent to an activating group) is 1. The van der Waals surface area contributed by atoms with Crippen molar-refractivity contribution in [1.29, 1.82) is 0 Å². The van der Waals surface area contributed by atoms with Crippen molar-refractivity contribution in [3.05, 3.63) is 39.9 Å². The van der Waals surface area contributed by atoms with Gasteiger partial charge >= 0.3 is 18.1 Å². The number of carbonyl (C=O) groups is 5. The summed E-state index contributed by atoms with van der Waals surface area (Å²) in [5.41, 5.74) is -1.04. The van der Waals surface area contributed by atoms with Crippen LogP contribution in [0.1, 0.15) is 113 Å². The maximum atomic E-state index is 14.4. The fraction of sp³-hybridized carbons (Fsp3) is 0.700. The number of alkyl halides is 3. The van der Waals surface area contributed by atoms with Gasteiger partial charge in [-0.15, -0.1) is 11.3 Å². The number of rotatable bonds is 18. The van der Waals surface area contributed by atoms with Gasteiger partial charge in [0.2, 0.25) is 11.8 Å². The van der Waals surface area contributed by atoms with Crippen LogP contribution < -0.4 is 10.6 Å². The first-order valence-electron chi connectivity index (χ1n) is 20.1. The molecule has 2 aromatic rings. The maximum absolute atomic E-state index is 14.4. The molecule has 1 saturated carbocycles. The molecule has 58 heavy (non-hydrogen) atoms. The van der Waals surface area contributed by atoms with Gasteiger partial charge < -0.3 is 25.0 Å². The molecule has 3 amide bonds. The minimum Gasteiger partial charge on any atom is -0.469 e. The number of thiazole rings is 1. The molecule has 0 spiro atoms. The third-order valence-corrected chi connectivity index (χ3v) is 12.8. The molecular weight excluding hydrogens is 780 g/mol. The molecule has 4 fully saturated rings. The van der Waals surface area contributed by atoms with Crippen LogP contribution >= 0.6 is 11.3 Å². The average Bonchev–Trinajstić information content (AvgIpc) is 3.92. The van der Waals surface area contributed by atoms with Gasteiger partial charge in [0.25, 0.3) is 5.91 Å². The van der Waals surface area contributed by atoms with Crippen molar-refractivity contribution < 1.29 is 46.6 Å². The number of esters is 2. The topological polar surface area (TPSA) is 173 Å². The largest absolute Gasteiger partial charge is 0.469 e. The number of carbonyl (C=O) groups excluding carboxylic acids is 5. The predicted octanol–water partition coefficient (Wildman–Crippen LogP) is 4.98. The molecule has 0 unspecified atom stereocenters. The molecule has 1 aliphatic carbocycles. The van der Waals surface area contributed by atoms with Crippen LogP contribution in [-0.4, -0.2) is 106 Å². The zero-order valence-electron chi connectivity index (χ0n) is 34.2. The first-order chi connectivity index (χ1) is 27.4. The van der Waals surface area contributed by atoms with Crippen LogP contribution in [0.5, 0.6) is 0 Å². The summed E-state index contributed by atoms with van der Waals surface area (Å²) in [6.45, 7) is 10.6. The Morgan fingerprint density at radius 3 is 2.19 bits per heavy atom. The molecule has 2 aromatic heterocycles.